The number of carbonyl (C=O) groups excluding carboxylic acids is 1. The molecule has 1 aromatic carbocycles. The molecule has 0 radical (unpaired) electrons. The fourth-order valence-electron chi connectivity index (χ4n) is 3.14. The van der Waals surface area contributed by atoms with Crippen LogP contribution in [0.1, 0.15) is 29.6 Å². The van der Waals surface area contributed by atoms with Crippen LogP contribution in [0.3, 0.4) is 0 Å². The van der Waals surface area contributed by atoms with Crippen LogP contribution < -0.4 is 0 Å². The predicted molar refractivity (Wildman–Crippen MR) is 74.7 cm³/mol. The van der Waals surface area contributed by atoms with Gasteiger partial charge in [0.1, 0.15) is 0 Å². The van der Waals surface area contributed by atoms with E-state index >= 15 is 0 Å². The zero-order chi connectivity index (χ0) is 13.2. The van der Waals surface area contributed by atoms with Crippen LogP contribution >= 0.6 is 11.6 Å². The molecule has 102 valence electrons. The van der Waals surface area contributed by atoms with Crippen molar-refractivity contribution in [3.05, 3.63) is 34.9 Å². The smallest absolute Gasteiger partial charge is 0.176 e. The Hall–Kier alpha value is -0.900. The molecule has 2 unspecified atom stereocenters. The van der Waals surface area contributed by atoms with E-state index in [1.54, 1.807) is 12.1 Å². The van der Waals surface area contributed by atoms with Crippen LogP contribution in [0, 0.1) is 0 Å². The van der Waals surface area contributed by atoms with Gasteiger partial charge >= 0.3 is 0 Å². The molecule has 4 heteroatoms. The number of Topliss-reactive ketones (excluding diaryl/α,β-unsaturated/α-hetero) is 1. The van der Waals surface area contributed by atoms with Gasteiger partial charge in [0.05, 0.1) is 19.3 Å². The van der Waals surface area contributed by atoms with E-state index in [2.05, 4.69) is 4.90 Å². The molecule has 3 nitrogen and oxygen atoms in total. The molecule has 0 spiro atoms. The standard InChI is InChI=1S/C15H18ClNO2/c16-12-4-1-3-11(9-12)14(18)10-17-7-8-19-15-6-2-5-13(15)17/h1,3-4,9,13,15H,2,5-8,10H2. The number of carbonyl (C=O) groups is 1. The number of nitrogens with zero attached hydrogens (tertiary/aromatic N) is 1. The van der Waals surface area contributed by atoms with Crippen LogP contribution in [0.25, 0.3) is 0 Å². The molecule has 1 aliphatic carbocycles. The number of rotatable bonds is 3. The highest BCUT2D eigenvalue weighted by atomic mass is 35.5. The van der Waals surface area contributed by atoms with Crippen LogP contribution in [0.5, 0.6) is 0 Å². The largest absolute Gasteiger partial charge is 0.375 e. The number of halogens is 1. The molecule has 19 heavy (non-hydrogen) atoms. The Balaban J connectivity index is 1.69. The highest BCUT2D eigenvalue weighted by molar-refractivity contribution is 6.31. The van der Waals surface area contributed by atoms with E-state index in [9.17, 15) is 4.79 Å². The lowest BCUT2D eigenvalue weighted by Gasteiger charge is -2.37. The van der Waals surface area contributed by atoms with Gasteiger partial charge < -0.3 is 4.74 Å². The number of fused-ring (bicyclic) bond motifs is 1. The summed E-state index contributed by atoms with van der Waals surface area (Å²) >= 11 is 5.93. The molecule has 2 fully saturated rings. The molecule has 0 bridgehead atoms. The van der Waals surface area contributed by atoms with E-state index in [0.29, 0.717) is 29.3 Å². The summed E-state index contributed by atoms with van der Waals surface area (Å²) < 4.78 is 5.76. The van der Waals surface area contributed by atoms with Gasteiger partial charge in [-0.05, 0) is 31.4 Å². The average molecular weight is 280 g/mol. The average Bonchev–Trinajstić information content (AvgIpc) is 2.88. The first-order valence-electron chi connectivity index (χ1n) is 6.88. The molecule has 0 N–H and O–H groups in total. The van der Waals surface area contributed by atoms with E-state index < -0.39 is 0 Å². The molecule has 0 amide bonds. The van der Waals surface area contributed by atoms with Crippen molar-refractivity contribution in [2.24, 2.45) is 0 Å². The fourth-order valence-corrected chi connectivity index (χ4v) is 3.33. The molecule has 1 aromatic rings. The lowest BCUT2D eigenvalue weighted by Crippen LogP contribution is -2.50. The second-order valence-electron chi connectivity index (χ2n) is 5.31. The first-order chi connectivity index (χ1) is 9.24. The summed E-state index contributed by atoms with van der Waals surface area (Å²) in [5.41, 5.74) is 0.702. The van der Waals surface area contributed by atoms with E-state index in [1.807, 2.05) is 12.1 Å². The van der Waals surface area contributed by atoms with Crippen molar-refractivity contribution in [3.63, 3.8) is 0 Å². The van der Waals surface area contributed by atoms with Gasteiger partial charge in [-0.25, -0.2) is 0 Å². The fraction of sp³-hybridized carbons (Fsp3) is 0.533. The number of morpholine rings is 1. The molecule has 1 saturated carbocycles. The molecule has 1 aliphatic heterocycles. The number of hydrogen-bond acceptors (Lipinski definition) is 3. The third-order valence-electron chi connectivity index (χ3n) is 4.09. The van der Waals surface area contributed by atoms with Crippen LogP contribution in [0.2, 0.25) is 5.02 Å². The molecular weight excluding hydrogens is 262 g/mol. The summed E-state index contributed by atoms with van der Waals surface area (Å²) in [5, 5.41) is 0.617. The number of ketones is 1. The maximum Gasteiger partial charge on any atom is 0.176 e. The first kappa shape index (κ1) is 13.1. The minimum atomic E-state index is 0.148. The zero-order valence-electron chi connectivity index (χ0n) is 10.8. The minimum Gasteiger partial charge on any atom is -0.375 e. The van der Waals surface area contributed by atoms with Gasteiger partial charge in [-0.15, -0.1) is 0 Å². The predicted octanol–water partition coefficient (Wildman–Crippen LogP) is 2.78. The van der Waals surface area contributed by atoms with E-state index in [0.717, 1.165) is 26.0 Å². The zero-order valence-corrected chi connectivity index (χ0v) is 11.6. The lowest BCUT2D eigenvalue weighted by atomic mass is 10.1. The molecule has 0 aromatic heterocycles. The Bertz CT molecular complexity index is 477. The van der Waals surface area contributed by atoms with Crippen molar-refractivity contribution in [2.75, 3.05) is 19.7 Å². The van der Waals surface area contributed by atoms with Crippen LogP contribution in [-0.4, -0.2) is 42.5 Å². The molecule has 2 atom stereocenters. The summed E-state index contributed by atoms with van der Waals surface area (Å²) in [6, 6.07) is 7.63. The van der Waals surface area contributed by atoms with E-state index in [4.69, 9.17) is 16.3 Å². The summed E-state index contributed by atoms with van der Waals surface area (Å²) in [7, 11) is 0. The van der Waals surface area contributed by atoms with Crippen molar-refractivity contribution in [3.8, 4) is 0 Å². The number of ether oxygens (including phenoxy) is 1. The van der Waals surface area contributed by atoms with Crippen molar-refractivity contribution < 1.29 is 9.53 Å². The summed E-state index contributed by atoms with van der Waals surface area (Å²) in [6.45, 7) is 2.07. The minimum absolute atomic E-state index is 0.148. The van der Waals surface area contributed by atoms with Gasteiger partial charge in [-0.2, -0.15) is 0 Å². The maximum absolute atomic E-state index is 12.3. The maximum atomic E-state index is 12.3. The summed E-state index contributed by atoms with van der Waals surface area (Å²) in [5.74, 6) is 0.148. The Morgan fingerprint density at radius 1 is 1.42 bits per heavy atom. The molecule has 1 saturated heterocycles. The molecule has 1 heterocycles. The second-order valence-corrected chi connectivity index (χ2v) is 5.75. The highest BCUT2D eigenvalue weighted by Gasteiger charge is 2.36. The Morgan fingerprint density at radius 2 is 2.32 bits per heavy atom. The first-order valence-corrected chi connectivity index (χ1v) is 7.26. The topological polar surface area (TPSA) is 29.5 Å². The van der Waals surface area contributed by atoms with Gasteiger partial charge in [-0.1, -0.05) is 23.7 Å². The Labute approximate surface area is 118 Å². The Morgan fingerprint density at radius 3 is 3.16 bits per heavy atom. The molecule has 3 rings (SSSR count). The lowest BCUT2D eigenvalue weighted by molar-refractivity contribution is -0.0522. The van der Waals surface area contributed by atoms with E-state index in [1.165, 1.54) is 6.42 Å². The van der Waals surface area contributed by atoms with Crippen molar-refractivity contribution in [1.82, 2.24) is 4.90 Å². The van der Waals surface area contributed by atoms with Gasteiger partial charge in [-0.3, -0.25) is 9.69 Å². The second kappa shape index (κ2) is 5.61. The Kier molecular flexibility index (Phi) is 3.87. The molecule has 2 aliphatic rings. The third-order valence-corrected chi connectivity index (χ3v) is 4.33. The van der Waals surface area contributed by atoms with Crippen molar-refractivity contribution >= 4 is 17.4 Å². The van der Waals surface area contributed by atoms with E-state index in [-0.39, 0.29) is 5.78 Å². The van der Waals surface area contributed by atoms with Gasteiger partial charge in [0.25, 0.3) is 0 Å². The normalized spacial score (nSPS) is 27.2. The van der Waals surface area contributed by atoms with Gasteiger partial charge in [0.15, 0.2) is 5.78 Å². The van der Waals surface area contributed by atoms with Crippen molar-refractivity contribution in [2.45, 2.75) is 31.4 Å². The number of benzene rings is 1. The monoisotopic (exact) mass is 279 g/mol. The SMILES string of the molecule is O=C(CN1CCOC2CCCC21)c1cccc(Cl)c1. The summed E-state index contributed by atoms with van der Waals surface area (Å²) in [4.78, 5) is 14.6. The van der Waals surface area contributed by atoms with Crippen molar-refractivity contribution in [1.29, 1.82) is 0 Å². The third kappa shape index (κ3) is 2.83. The van der Waals surface area contributed by atoms with Crippen LogP contribution in [0.4, 0.5) is 0 Å². The number of hydrogen-bond donors (Lipinski definition) is 0. The quantitative estimate of drug-likeness (QED) is 0.797. The van der Waals surface area contributed by atoms with Gasteiger partial charge in [0, 0.05) is 23.2 Å². The molecular formula is C15H18ClNO2. The highest BCUT2D eigenvalue weighted by Crippen LogP contribution is 2.29. The summed E-state index contributed by atoms with van der Waals surface area (Å²) in [6.07, 6.45) is 3.82. The van der Waals surface area contributed by atoms with Crippen LogP contribution in [0.15, 0.2) is 24.3 Å². The van der Waals surface area contributed by atoms with Crippen LogP contribution in [-0.2, 0) is 4.74 Å². The van der Waals surface area contributed by atoms with Gasteiger partial charge in [0.2, 0.25) is 0 Å².